The normalized spacial score (nSPS) is 26.1. The van der Waals surface area contributed by atoms with Gasteiger partial charge in [0.15, 0.2) is 0 Å². The van der Waals surface area contributed by atoms with Gasteiger partial charge in [-0.05, 0) is 59.4 Å². The van der Waals surface area contributed by atoms with E-state index < -0.39 is 0 Å². The molecule has 0 bridgehead atoms. The van der Waals surface area contributed by atoms with Crippen molar-refractivity contribution in [3.05, 3.63) is 40.4 Å². The maximum Gasteiger partial charge on any atom is 0.0471 e. The maximum atomic E-state index is 5.52. The van der Waals surface area contributed by atoms with Crippen LogP contribution in [0, 0.1) is 11.3 Å². The molecule has 0 radical (unpaired) electrons. The van der Waals surface area contributed by atoms with Gasteiger partial charge in [0.05, 0.1) is 0 Å². The van der Waals surface area contributed by atoms with Crippen LogP contribution in [-0.2, 0) is 11.2 Å². The second kappa shape index (κ2) is 4.50. The standard InChI is InChI=1S/C16H19BrO/c1-11-14-10-13(17)4-3-12(14)9-15(11)16(2)5-7-18-8-6-16/h3-4,10,15H,1,5-9H2,2H3. The summed E-state index contributed by atoms with van der Waals surface area (Å²) >= 11 is 3.56. The minimum absolute atomic E-state index is 0.362. The number of hydrogen-bond acceptors (Lipinski definition) is 1. The Balaban J connectivity index is 1.92. The van der Waals surface area contributed by atoms with Crippen molar-refractivity contribution in [3.63, 3.8) is 0 Å². The van der Waals surface area contributed by atoms with Gasteiger partial charge in [-0.15, -0.1) is 0 Å². The highest BCUT2D eigenvalue weighted by Gasteiger charge is 2.41. The number of hydrogen-bond donors (Lipinski definition) is 0. The van der Waals surface area contributed by atoms with Crippen LogP contribution >= 0.6 is 15.9 Å². The Labute approximate surface area is 117 Å². The van der Waals surface area contributed by atoms with Gasteiger partial charge >= 0.3 is 0 Å². The zero-order valence-electron chi connectivity index (χ0n) is 10.8. The minimum Gasteiger partial charge on any atom is -0.381 e. The summed E-state index contributed by atoms with van der Waals surface area (Å²) in [7, 11) is 0. The van der Waals surface area contributed by atoms with Crippen molar-refractivity contribution in [2.45, 2.75) is 26.2 Å². The third-order valence-corrected chi connectivity index (χ3v) is 5.23. The fourth-order valence-electron chi connectivity index (χ4n) is 3.41. The van der Waals surface area contributed by atoms with Crippen LogP contribution in [0.1, 0.15) is 30.9 Å². The zero-order chi connectivity index (χ0) is 12.8. The minimum atomic E-state index is 0.362. The van der Waals surface area contributed by atoms with Gasteiger partial charge in [-0.2, -0.15) is 0 Å². The summed E-state index contributed by atoms with van der Waals surface area (Å²) in [5.41, 5.74) is 4.51. The highest BCUT2D eigenvalue weighted by atomic mass is 79.9. The first-order chi connectivity index (χ1) is 8.60. The van der Waals surface area contributed by atoms with Gasteiger partial charge in [0.1, 0.15) is 0 Å². The van der Waals surface area contributed by atoms with Crippen LogP contribution in [0.15, 0.2) is 29.3 Å². The average Bonchev–Trinajstić information content (AvgIpc) is 2.68. The van der Waals surface area contributed by atoms with Crippen LogP contribution in [0.25, 0.3) is 5.57 Å². The SMILES string of the molecule is C=C1c2cc(Br)ccc2CC1C1(C)CCOCC1. The molecule has 1 fully saturated rings. The number of rotatable bonds is 1. The third kappa shape index (κ3) is 1.96. The molecule has 2 heteroatoms. The molecule has 0 amide bonds. The van der Waals surface area contributed by atoms with E-state index in [1.807, 2.05) is 0 Å². The summed E-state index contributed by atoms with van der Waals surface area (Å²) in [6, 6.07) is 6.61. The van der Waals surface area contributed by atoms with Crippen molar-refractivity contribution < 1.29 is 4.74 Å². The quantitative estimate of drug-likeness (QED) is 0.745. The van der Waals surface area contributed by atoms with E-state index in [4.69, 9.17) is 4.74 Å². The fourth-order valence-corrected chi connectivity index (χ4v) is 3.77. The number of fused-ring (bicyclic) bond motifs is 1. The van der Waals surface area contributed by atoms with E-state index in [2.05, 4.69) is 47.6 Å². The second-order valence-electron chi connectivity index (χ2n) is 5.85. The predicted molar refractivity (Wildman–Crippen MR) is 78.5 cm³/mol. The fraction of sp³-hybridized carbons (Fsp3) is 0.500. The number of halogens is 1. The molecule has 1 aliphatic carbocycles. The van der Waals surface area contributed by atoms with Crippen LogP contribution in [0.3, 0.4) is 0 Å². The molecule has 18 heavy (non-hydrogen) atoms. The van der Waals surface area contributed by atoms with Crippen molar-refractivity contribution in [3.8, 4) is 0 Å². The summed E-state index contributed by atoms with van der Waals surface area (Å²) < 4.78 is 6.67. The molecule has 1 aliphatic heterocycles. The summed E-state index contributed by atoms with van der Waals surface area (Å²) in [4.78, 5) is 0. The van der Waals surface area contributed by atoms with Gasteiger partial charge in [-0.1, -0.05) is 35.5 Å². The summed E-state index contributed by atoms with van der Waals surface area (Å²) in [5, 5.41) is 0. The highest BCUT2D eigenvalue weighted by Crippen LogP contribution is 2.50. The van der Waals surface area contributed by atoms with Gasteiger partial charge in [-0.25, -0.2) is 0 Å². The molecule has 1 aromatic rings. The van der Waals surface area contributed by atoms with Crippen LogP contribution in [0.4, 0.5) is 0 Å². The zero-order valence-corrected chi connectivity index (χ0v) is 12.4. The molecule has 1 nitrogen and oxygen atoms in total. The van der Waals surface area contributed by atoms with E-state index in [0.717, 1.165) is 36.9 Å². The van der Waals surface area contributed by atoms with Crippen LogP contribution in [0.5, 0.6) is 0 Å². The third-order valence-electron chi connectivity index (χ3n) is 4.74. The molecule has 1 saturated heterocycles. The summed E-state index contributed by atoms with van der Waals surface area (Å²) in [5.74, 6) is 0.589. The molecule has 0 N–H and O–H groups in total. The van der Waals surface area contributed by atoms with Gasteiger partial charge in [0.25, 0.3) is 0 Å². The molecule has 2 aliphatic rings. The van der Waals surface area contributed by atoms with E-state index in [-0.39, 0.29) is 0 Å². The summed E-state index contributed by atoms with van der Waals surface area (Å²) in [6.07, 6.45) is 3.47. The lowest BCUT2D eigenvalue weighted by molar-refractivity contribution is 0.00623. The van der Waals surface area contributed by atoms with Gasteiger partial charge < -0.3 is 4.74 Å². The van der Waals surface area contributed by atoms with Crippen LogP contribution in [0.2, 0.25) is 0 Å². The van der Waals surface area contributed by atoms with Gasteiger partial charge in [0, 0.05) is 17.7 Å². The Bertz CT molecular complexity index is 486. The molecule has 0 aromatic heterocycles. The van der Waals surface area contributed by atoms with Crippen LogP contribution in [-0.4, -0.2) is 13.2 Å². The second-order valence-corrected chi connectivity index (χ2v) is 6.77. The Morgan fingerprint density at radius 1 is 1.33 bits per heavy atom. The van der Waals surface area contributed by atoms with Gasteiger partial charge in [0.2, 0.25) is 0 Å². The molecule has 1 aromatic carbocycles. The Morgan fingerprint density at radius 3 is 2.78 bits per heavy atom. The van der Waals surface area contributed by atoms with E-state index in [0.29, 0.717) is 11.3 Å². The molecule has 0 spiro atoms. The van der Waals surface area contributed by atoms with Crippen molar-refractivity contribution in [1.29, 1.82) is 0 Å². The smallest absolute Gasteiger partial charge is 0.0471 e. The lowest BCUT2D eigenvalue weighted by Gasteiger charge is -2.39. The van der Waals surface area contributed by atoms with Gasteiger partial charge in [-0.3, -0.25) is 0 Å². The van der Waals surface area contributed by atoms with Crippen molar-refractivity contribution in [2.75, 3.05) is 13.2 Å². The molecule has 96 valence electrons. The largest absolute Gasteiger partial charge is 0.381 e. The molecule has 0 saturated carbocycles. The van der Waals surface area contributed by atoms with E-state index in [9.17, 15) is 0 Å². The topological polar surface area (TPSA) is 9.23 Å². The number of benzene rings is 1. The van der Waals surface area contributed by atoms with Crippen LogP contribution < -0.4 is 0 Å². The molecule has 1 atom stereocenters. The first kappa shape index (κ1) is 12.4. The Kier molecular flexibility index (Phi) is 3.11. The molecule has 1 unspecified atom stereocenters. The predicted octanol–water partition coefficient (Wildman–Crippen LogP) is 4.45. The average molecular weight is 307 g/mol. The lowest BCUT2D eigenvalue weighted by Crippen LogP contribution is -2.34. The monoisotopic (exact) mass is 306 g/mol. The lowest BCUT2D eigenvalue weighted by atomic mass is 9.69. The molecule has 3 rings (SSSR count). The molecule has 1 heterocycles. The molecular formula is C16H19BrO. The first-order valence-electron chi connectivity index (χ1n) is 6.65. The highest BCUT2D eigenvalue weighted by molar-refractivity contribution is 9.10. The Hall–Kier alpha value is -0.600. The van der Waals surface area contributed by atoms with Crippen molar-refractivity contribution in [2.24, 2.45) is 11.3 Å². The first-order valence-corrected chi connectivity index (χ1v) is 7.45. The molecular weight excluding hydrogens is 288 g/mol. The number of allylic oxidation sites excluding steroid dienone is 1. The maximum absolute atomic E-state index is 5.52. The van der Waals surface area contributed by atoms with Crippen molar-refractivity contribution >= 4 is 21.5 Å². The van der Waals surface area contributed by atoms with E-state index in [1.54, 1.807) is 0 Å². The Morgan fingerprint density at radius 2 is 2.06 bits per heavy atom. The van der Waals surface area contributed by atoms with E-state index in [1.165, 1.54) is 16.7 Å². The van der Waals surface area contributed by atoms with E-state index >= 15 is 0 Å². The number of ether oxygens (including phenoxy) is 1. The van der Waals surface area contributed by atoms with Crippen molar-refractivity contribution in [1.82, 2.24) is 0 Å². The summed E-state index contributed by atoms with van der Waals surface area (Å²) in [6.45, 7) is 8.59.